The average Bonchev–Trinajstić information content (AvgIpc) is 3.13. The Labute approximate surface area is 300 Å². The van der Waals surface area contributed by atoms with E-state index in [2.05, 4.69) is 93.2 Å². The molecule has 0 spiro atoms. The third kappa shape index (κ3) is 15.4. The molecule has 0 unspecified atom stereocenters. The minimum Gasteiger partial charge on any atom is -0.388 e. The minimum absolute atomic E-state index is 0.173. The van der Waals surface area contributed by atoms with E-state index < -0.39 is 11.7 Å². The van der Waals surface area contributed by atoms with Crippen molar-refractivity contribution in [3.8, 4) is 0 Å². The van der Waals surface area contributed by atoms with E-state index in [4.69, 9.17) is 9.47 Å². The molecular formula is C46H68O3. The molecule has 0 saturated carbocycles. The van der Waals surface area contributed by atoms with Gasteiger partial charge in [-0.05, 0) is 60.3 Å². The Hall–Kier alpha value is -2.72. The molecule has 0 bridgehead atoms. The second kappa shape index (κ2) is 25.3. The highest BCUT2D eigenvalue weighted by molar-refractivity contribution is 5.50. The summed E-state index contributed by atoms with van der Waals surface area (Å²) < 4.78 is 12.9. The zero-order valence-corrected chi connectivity index (χ0v) is 31.1. The molecular weight excluding hydrogens is 601 g/mol. The Morgan fingerprint density at radius 1 is 0.612 bits per heavy atom. The number of aliphatic hydroxyl groups is 1. The number of benzene rings is 3. The van der Waals surface area contributed by atoms with E-state index in [1.54, 1.807) is 0 Å². The second-order valence-corrected chi connectivity index (χ2v) is 14.4. The summed E-state index contributed by atoms with van der Waals surface area (Å²) in [6, 6.07) is 29.6. The maximum absolute atomic E-state index is 11.1. The highest BCUT2D eigenvalue weighted by atomic mass is 16.5. The van der Waals surface area contributed by atoms with Crippen molar-refractivity contribution >= 4 is 0 Å². The van der Waals surface area contributed by atoms with Gasteiger partial charge in [0.05, 0.1) is 13.2 Å². The monoisotopic (exact) mass is 669 g/mol. The predicted molar refractivity (Wildman–Crippen MR) is 209 cm³/mol. The summed E-state index contributed by atoms with van der Waals surface area (Å²) in [6.45, 7) is 9.69. The lowest BCUT2D eigenvalue weighted by Gasteiger charge is -2.38. The van der Waals surface area contributed by atoms with Crippen LogP contribution in [0.5, 0.6) is 0 Å². The first-order valence-corrected chi connectivity index (χ1v) is 19.8. The molecule has 0 fully saturated rings. The molecule has 270 valence electrons. The van der Waals surface area contributed by atoms with Crippen LogP contribution in [0.25, 0.3) is 0 Å². The Kier molecular flexibility index (Phi) is 21.0. The van der Waals surface area contributed by atoms with E-state index in [9.17, 15) is 5.11 Å². The number of unbranched alkanes of at least 4 members (excludes halogenated alkanes) is 14. The lowest BCUT2D eigenvalue weighted by molar-refractivity contribution is -0.0644. The lowest BCUT2D eigenvalue weighted by atomic mass is 9.77. The SMILES string of the molecule is C=CCCCCc1ccccc1C(OC[C@H](O)COCCCCCCCCCCCCCCCC(C)C)(c1ccccc1)c1ccccc1. The first-order chi connectivity index (χ1) is 24.1. The van der Waals surface area contributed by atoms with Crippen LogP contribution in [0.1, 0.15) is 145 Å². The highest BCUT2D eigenvalue weighted by Gasteiger charge is 2.39. The summed E-state index contributed by atoms with van der Waals surface area (Å²) in [5.74, 6) is 0.857. The highest BCUT2D eigenvalue weighted by Crippen LogP contribution is 2.42. The molecule has 0 aliphatic heterocycles. The van der Waals surface area contributed by atoms with Crippen LogP contribution in [0.4, 0.5) is 0 Å². The van der Waals surface area contributed by atoms with Gasteiger partial charge in [0.25, 0.3) is 0 Å². The largest absolute Gasteiger partial charge is 0.388 e. The maximum atomic E-state index is 11.1. The molecule has 0 radical (unpaired) electrons. The van der Waals surface area contributed by atoms with E-state index in [-0.39, 0.29) is 13.2 Å². The third-order valence-electron chi connectivity index (χ3n) is 9.73. The molecule has 3 aromatic rings. The van der Waals surface area contributed by atoms with Crippen LogP contribution in [-0.4, -0.2) is 31.0 Å². The fourth-order valence-corrected chi connectivity index (χ4v) is 6.94. The van der Waals surface area contributed by atoms with Gasteiger partial charge in [0.1, 0.15) is 11.7 Å². The standard InChI is InChI=1S/C46H68O3/c1-4-5-6-21-30-41-31-26-27-36-45(41)46(42-32-22-18-23-33-42,43-34-24-19-25-35-43)49-39-44(47)38-48-37-28-17-15-13-11-9-7-8-10-12-14-16-20-29-40(2)3/h4,18-19,22-27,31-36,40,44,47H,1,5-17,20-21,28-30,37-39H2,2-3H3/t44-/m1/s1. The molecule has 3 rings (SSSR count). The van der Waals surface area contributed by atoms with Gasteiger partial charge >= 0.3 is 0 Å². The Balaban J connectivity index is 1.44. The van der Waals surface area contributed by atoms with Gasteiger partial charge in [0.15, 0.2) is 0 Å². The second-order valence-electron chi connectivity index (χ2n) is 14.4. The van der Waals surface area contributed by atoms with Gasteiger partial charge in [-0.25, -0.2) is 0 Å². The molecule has 0 heterocycles. The first kappa shape index (κ1) is 40.7. The third-order valence-corrected chi connectivity index (χ3v) is 9.73. The number of aryl methyl sites for hydroxylation is 1. The van der Waals surface area contributed by atoms with Crippen molar-refractivity contribution in [2.45, 2.75) is 141 Å². The molecule has 0 aromatic heterocycles. The van der Waals surface area contributed by atoms with Crippen LogP contribution in [0.2, 0.25) is 0 Å². The molecule has 3 nitrogen and oxygen atoms in total. The Morgan fingerprint density at radius 2 is 1.12 bits per heavy atom. The van der Waals surface area contributed by atoms with Crippen molar-refractivity contribution in [1.82, 2.24) is 0 Å². The van der Waals surface area contributed by atoms with Gasteiger partial charge in [-0.3, -0.25) is 0 Å². The smallest absolute Gasteiger partial charge is 0.144 e. The lowest BCUT2D eigenvalue weighted by Crippen LogP contribution is -2.37. The van der Waals surface area contributed by atoms with Gasteiger partial charge in [0, 0.05) is 6.61 Å². The topological polar surface area (TPSA) is 38.7 Å². The molecule has 3 aromatic carbocycles. The van der Waals surface area contributed by atoms with Crippen molar-refractivity contribution in [3.63, 3.8) is 0 Å². The van der Waals surface area contributed by atoms with Crippen molar-refractivity contribution in [3.05, 3.63) is 120 Å². The molecule has 49 heavy (non-hydrogen) atoms. The summed E-state index contributed by atoms with van der Waals surface area (Å²) in [4.78, 5) is 0. The normalized spacial score (nSPS) is 12.4. The Bertz CT molecular complexity index is 1180. The van der Waals surface area contributed by atoms with Crippen LogP contribution in [0, 0.1) is 5.92 Å². The quantitative estimate of drug-likeness (QED) is 0.0454. The number of aliphatic hydroxyl groups excluding tert-OH is 1. The minimum atomic E-state index is -0.855. The zero-order valence-electron chi connectivity index (χ0n) is 31.1. The van der Waals surface area contributed by atoms with Gasteiger partial charge in [-0.1, -0.05) is 188 Å². The summed E-state index contributed by atoms with van der Waals surface area (Å²) in [7, 11) is 0. The molecule has 0 aliphatic rings. The van der Waals surface area contributed by atoms with E-state index in [1.807, 2.05) is 18.2 Å². The number of hydrogen-bond donors (Lipinski definition) is 1. The van der Waals surface area contributed by atoms with Crippen LogP contribution >= 0.6 is 0 Å². The van der Waals surface area contributed by atoms with E-state index in [1.165, 1.54) is 89.0 Å². The number of ether oxygens (including phenoxy) is 2. The zero-order chi connectivity index (χ0) is 34.8. The van der Waals surface area contributed by atoms with Crippen LogP contribution in [0.15, 0.2) is 97.6 Å². The van der Waals surface area contributed by atoms with Crippen LogP contribution in [0.3, 0.4) is 0 Å². The van der Waals surface area contributed by atoms with Crippen LogP contribution in [-0.2, 0) is 21.5 Å². The molecule has 0 saturated heterocycles. The number of hydrogen-bond acceptors (Lipinski definition) is 3. The predicted octanol–water partition coefficient (Wildman–Crippen LogP) is 12.4. The van der Waals surface area contributed by atoms with E-state index in [0.717, 1.165) is 54.7 Å². The molecule has 0 aliphatic carbocycles. The summed E-state index contributed by atoms with van der Waals surface area (Å²) in [5.41, 5.74) is 3.66. The fraction of sp³-hybridized carbons (Fsp3) is 0.565. The van der Waals surface area contributed by atoms with E-state index in [0.29, 0.717) is 6.61 Å². The Morgan fingerprint density at radius 3 is 1.67 bits per heavy atom. The molecule has 3 heteroatoms. The fourth-order valence-electron chi connectivity index (χ4n) is 6.94. The molecule has 1 N–H and O–H groups in total. The van der Waals surface area contributed by atoms with Gasteiger partial charge < -0.3 is 14.6 Å². The van der Waals surface area contributed by atoms with Gasteiger partial charge in [0.2, 0.25) is 0 Å². The summed E-state index contributed by atoms with van der Waals surface area (Å²) in [5, 5.41) is 11.1. The van der Waals surface area contributed by atoms with Crippen molar-refractivity contribution in [2.24, 2.45) is 5.92 Å². The van der Waals surface area contributed by atoms with Crippen molar-refractivity contribution in [2.75, 3.05) is 19.8 Å². The molecule has 0 amide bonds. The number of allylic oxidation sites excluding steroid dienone is 1. The van der Waals surface area contributed by atoms with Gasteiger partial charge in [-0.15, -0.1) is 6.58 Å². The number of rotatable bonds is 29. The van der Waals surface area contributed by atoms with E-state index >= 15 is 0 Å². The first-order valence-electron chi connectivity index (χ1n) is 19.8. The van der Waals surface area contributed by atoms with Crippen molar-refractivity contribution in [1.29, 1.82) is 0 Å². The summed E-state index contributed by atoms with van der Waals surface area (Å²) >= 11 is 0. The molecule has 1 atom stereocenters. The van der Waals surface area contributed by atoms with Crippen LogP contribution < -0.4 is 0 Å². The maximum Gasteiger partial charge on any atom is 0.144 e. The average molecular weight is 669 g/mol. The van der Waals surface area contributed by atoms with Gasteiger partial charge in [-0.2, -0.15) is 0 Å². The van der Waals surface area contributed by atoms with Crippen molar-refractivity contribution < 1.29 is 14.6 Å². The summed E-state index contributed by atoms with van der Waals surface area (Å²) in [6.07, 6.45) is 24.3.